The van der Waals surface area contributed by atoms with Crippen molar-refractivity contribution in [2.45, 2.75) is 0 Å². The quantitative estimate of drug-likeness (QED) is 0.547. The third kappa shape index (κ3) is 2.52. The minimum atomic E-state index is -2.69. The summed E-state index contributed by atoms with van der Waals surface area (Å²) < 4.78 is 0. The molecule has 0 unspecified atom stereocenters. The summed E-state index contributed by atoms with van der Waals surface area (Å²) in [4.78, 5) is 0. The van der Waals surface area contributed by atoms with E-state index in [9.17, 15) is 0 Å². The molecule has 64 valence electrons. The second kappa shape index (κ2) is 3.84. The topological polar surface area (TPSA) is 0 Å². The van der Waals surface area contributed by atoms with Crippen molar-refractivity contribution in [1.29, 1.82) is 0 Å². The molecular formula is C8H7Cl3Si. The van der Waals surface area contributed by atoms with Crippen LogP contribution >= 0.6 is 33.2 Å². The van der Waals surface area contributed by atoms with Gasteiger partial charge in [-0.25, -0.2) is 0 Å². The molecule has 0 bridgehead atoms. The minimum Gasteiger partial charge on any atom is -0.121 e. The average Bonchev–Trinajstić information content (AvgIpc) is 2.03. The summed E-state index contributed by atoms with van der Waals surface area (Å²) in [6.45, 7) is 3.64. The zero-order valence-corrected chi connectivity index (χ0v) is 9.50. The zero-order valence-electron chi connectivity index (χ0n) is 6.23. The standard InChI is InChI=1S/C8H7Cl3Si/c1-2-7-3-5-8(6-4-7)12(9,10)11/h2-6H,1H2. The van der Waals surface area contributed by atoms with Crippen LogP contribution in [-0.2, 0) is 0 Å². The molecule has 12 heavy (non-hydrogen) atoms. The van der Waals surface area contributed by atoms with Gasteiger partial charge in [-0.15, -0.1) is 33.2 Å². The summed E-state index contributed by atoms with van der Waals surface area (Å²) in [5, 5.41) is 0.804. The van der Waals surface area contributed by atoms with E-state index in [2.05, 4.69) is 6.58 Å². The van der Waals surface area contributed by atoms with Crippen molar-refractivity contribution in [1.82, 2.24) is 0 Å². The molecule has 0 nitrogen and oxygen atoms in total. The number of rotatable bonds is 2. The lowest BCUT2D eigenvalue weighted by Crippen LogP contribution is -2.29. The third-order valence-electron chi connectivity index (χ3n) is 1.47. The summed E-state index contributed by atoms with van der Waals surface area (Å²) in [5.74, 6) is 0. The van der Waals surface area contributed by atoms with Crippen LogP contribution in [0, 0.1) is 0 Å². The maximum Gasteiger partial charge on any atom is 0.372 e. The molecule has 1 aromatic carbocycles. The number of halogens is 3. The zero-order chi connectivity index (χ0) is 9.19. The van der Waals surface area contributed by atoms with Crippen LogP contribution < -0.4 is 5.19 Å². The molecule has 0 aliphatic carbocycles. The van der Waals surface area contributed by atoms with Crippen LogP contribution in [0.15, 0.2) is 30.8 Å². The van der Waals surface area contributed by atoms with Gasteiger partial charge in [-0.1, -0.05) is 36.9 Å². The third-order valence-corrected chi connectivity index (χ3v) is 4.43. The monoisotopic (exact) mass is 236 g/mol. The maximum absolute atomic E-state index is 5.80. The van der Waals surface area contributed by atoms with Crippen molar-refractivity contribution >= 4 is 50.5 Å². The van der Waals surface area contributed by atoms with E-state index in [-0.39, 0.29) is 0 Å². The molecule has 0 aliphatic rings. The molecule has 0 amide bonds. The molecule has 1 rings (SSSR count). The highest BCUT2D eigenvalue weighted by Gasteiger charge is 2.27. The summed E-state index contributed by atoms with van der Waals surface area (Å²) >= 11 is 17.4. The van der Waals surface area contributed by atoms with Gasteiger partial charge in [-0.05, 0) is 10.8 Å². The van der Waals surface area contributed by atoms with Gasteiger partial charge >= 0.3 is 6.00 Å². The first-order valence-corrected chi connectivity index (χ1v) is 8.37. The van der Waals surface area contributed by atoms with E-state index in [1.165, 1.54) is 0 Å². The van der Waals surface area contributed by atoms with Crippen LogP contribution in [0.5, 0.6) is 0 Å². The summed E-state index contributed by atoms with van der Waals surface area (Å²) in [6, 6.07) is 4.74. The molecule has 4 heteroatoms. The van der Waals surface area contributed by atoms with Crippen LogP contribution in [0.3, 0.4) is 0 Å². The van der Waals surface area contributed by atoms with Crippen molar-refractivity contribution in [3.63, 3.8) is 0 Å². The van der Waals surface area contributed by atoms with Crippen LogP contribution in [0.4, 0.5) is 0 Å². The molecule has 0 saturated heterocycles. The lowest BCUT2D eigenvalue weighted by Gasteiger charge is -2.07. The number of benzene rings is 1. The molecule has 0 radical (unpaired) electrons. The Morgan fingerprint density at radius 3 is 1.92 bits per heavy atom. The van der Waals surface area contributed by atoms with Gasteiger partial charge in [0.25, 0.3) is 0 Å². The highest BCUT2D eigenvalue weighted by Crippen LogP contribution is 2.19. The fraction of sp³-hybridized carbons (Fsp3) is 0. The fourth-order valence-electron chi connectivity index (χ4n) is 0.808. The first-order chi connectivity index (χ1) is 5.54. The lowest BCUT2D eigenvalue weighted by atomic mass is 10.2. The molecule has 0 fully saturated rings. The van der Waals surface area contributed by atoms with E-state index in [1.807, 2.05) is 24.3 Å². The molecule has 0 aromatic heterocycles. The largest absolute Gasteiger partial charge is 0.372 e. The molecule has 0 atom stereocenters. The van der Waals surface area contributed by atoms with Crippen LogP contribution in [-0.4, -0.2) is 6.00 Å². The molecule has 1 aromatic rings. The summed E-state index contributed by atoms with van der Waals surface area (Å²) in [5.41, 5.74) is 1.03. The molecule has 0 saturated carbocycles. The van der Waals surface area contributed by atoms with E-state index < -0.39 is 6.00 Å². The van der Waals surface area contributed by atoms with Gasteiger partial charge in [0.1, 0.15) is 0 Å². The van der Waals surface area contributed by atoms with Gasteiger partial charge in [-0.2, -0.15) is 0 Å². The average molecular weight is 238 g/mol. The van der Waals surface area contributed by atoms with Crippen molar-refractivity contribution in [3.8, 4) is 0 Å². The van der Waals surface area contributed by atoms with Gasteiger partial charge in [0.05, 0.1) is 0 Å². The molecule has 0 aliphatic heterocycles. The Labute approximate surface area is 86.9 Å². The Morgan fingerprint density at radius 1 is 1.08 bits per heavy atom. The van der Waals surface area contributed by atoms with Gasteiger partial charge in [-0.3, -0.25) is 0 Å². The Hall–Kier alpha value is 0.0469. The summed E-state index contributed by atoms with van der Waals surface area (Å²) in [6.07, 6.45) is 1.75. The van der Waals surface area contributed by atoms with Gasteiger partial charge in [0.2, 0.25) is 0 Å². The van der Waals surface area contributed by atoms with Crippen LogP contribution in [0.1, 0.15) is 5.56 Å². The first kappa shape index (κ1) is 10.1. The van der Waals surface area contributed by atoms with Crippen molar-refractivity contribution in [2.75, 3.05) is 0 Å². The highest BCUT2D eigenvalue weighted by atomic mass is 35.8. The van der Waals surface area contributed by atoms with E-state index >= 15 is 0 Å². The van der Waals surface area contributed by atoms with Crippen molar-refractivity contribution in [2.24, 2.45) is 0 Å². The van der Waals surface area contributed by atoms with Gasteiger partial charge in [0, 0.05) is 0 Å². The van der Waals surface area contributed by atoms with Crippen LogP contribution in [0.25, 0.3) is 6.08 Å². The Bertz CT molecular complexity index is 273. The smallest absolute Gasteiger partial charge is 0.121 e. The van der Waals surface area contributed by atoms with E-state index in [4.69, 9.17) is 33.2 Å². The molecular weight excluding hydrogens is 231 g/mol. The molecule has 0 N–H and O–H groups in total. The second-order valence-electron chi connectivity index (χ2n) is 2.32. The predicted molar refractivity (Wildman–Crippen MR) is 59.5 cm³/mol. The van der Waals surface area contributed by atoms with Gasteiger partial charge in [0.15, 0.2) is 0 Å². The Morgan fingerprint density at radius 2 is 1.58 bits per heavy atom. The molecule has 0 heterocycles. The minimum absolute atomic E-state index is 0.804. The predicted octanol–water partition coefficient (Wildman–Crippen LogP) is 3.19. The van der Waals surface area contributed by atoms with Crippen molar-refractivity contribution < 1.29 is 0 Å². The number of hydrogen-bond donors (Lipinski definition) is 0. The van der Waals surface area contributed by atoms with E-state index in [0.29, 0.717) is 0 Å². The van der Waals surface area contributed by atoms with Gasteiger partial charge < -0.3 is 0 Å². The number of hydrogen-bond acceptors (Lipinski definition) is 0. The lowest BCUT2D eigenvalue weighted by molar-refractivity contribution is 1.71. The highest BCUT2D eigenvalue weighted by molar-refractivity contribution is 7.69. The summed E-state index contributed by atoms with van der Waals surface area (Å²) in [7, 11) is 0. The second-order valence-corrected chi connectivity index (χ2v) is 10.7. The van der Waals surface area contributed by atoms with Crippen LogP contribution in [0.2, 0.25) is 0 Å². The first-order valence-electron chi connectivity index (χ1n) is 3.34. The normalized spacial score (nSPS) is 11.2. The maximum atomic E-state index is 5.80. The Balaban J connectivity index is 3.00. The SMILES string of the molecule is C=Cc1ccc([Si](Cl)(Cl)Cl)cc1. The molecule has 0 spiro atoms. The Kier molecular flexibility index (Phi) is 3.24. The fourth-order valence-corrected chi connectivity index (χ4v) is 2.49. The van der Waals surface area contributed by atoms with E-state index in [1.54, 1.807) is 6.08 Å². The van der Waals surface area contributed by atoms with E-state index in [0.717, 1.165) is 10.8 Å². The van der Waals surface area contributed by atoms with Crippen molar-refractivity contribution in [3.05, 3.63) is 36.4 Å².